The van der Waals surface area contributed by atoms with Gasteiger partial charge in [0.25, 0.3) is 0 Å². The normalized spacial score (nSPS) is 26.3. The third kappa shape index (κ3) is 2.00. The van der Waals surface area contributed by atoms with Gasteiger partial charge in [-0.15, -0.1) is 0 Å². The van der Waals surface area contributed by atoms with Crippen LogP contribution in [0.3, 0.4) is 0 Å². The summed E-state index contributed by atoms with van der Waals surface area (Å²) in [4.78, 5) is 4.71. The Labute approximate surface area is 101 Å². The van der Waals surface area contributed by atoms with Gasteiger partial charge in [-0.2, -0.15) is 0 Å². The predicted molar refractivity (Wildman–Crippen MR) is 67.7 cm³/mol. The Balaban J connectivity index is 1.75. The van der Waals surface area contributed by atoms with E-state index in [9.17, 15) is 0 Å². The number of nitrogens with one attached hydrogen (secondary N) is 2. The molecular formula is C13H17N3O. The van der Waals surface area contributed by atoms with Gasteiger partial charge in [0.05, 0.1) is 19.2 Å². The molecular weight excluding hydrogens is 214 g/mol. The highest BCUT2D eigenvalue weighted by Crippen LogP contribution is 2.20. The van der Waals surface area contributed by atoms with Crippen molar-refractivity contribution in [1.29, 1.82) is 0 Å². The summed E-state index contributed by atoms with van der Waals surface area (Å²) in [5.41, 5.74) is 1.19. The van der Waals surface area contributed by atoms with Crippen LogP contribution in [0.15, 0.2) is 29.3 Å². The van der Waals surface area contributed by atoms with Crippen molar-refractivity contribution in [2.24, 2.45) is 4.99 Å². The summed E-state index contributed by atoms with van der Waals surface area (Å²) in [5, 5.41) is 6.82. The lowest BCUT2D eigenvalue weighted by Gasteiger charge is -2.10. The fourth-order valence-corrected chi connectivity index (χ4v) is 2.53. The average molecular weight is 231 g/mol. The summed E-state index contributed by atoms with van der Waals surface area (Å²) in [7, 11) is 1.71. The molecule has 1 aromatic rings. The van der Waals surface area contributed by atoms with Gasteiger partial charge in [0.1, 0.15) is 11.6 Å². The first-order chi connectivity index (χ1) is 8.36. The number of para-hydroxylation sites is 1. The number of ether oxygens (including phenoxy) is 1. The lowest BCUT2D eigenvalue weighted by molar-refractivity contribution is 0.411. The lowest BCUT2D eigenvalue weighted by atomic mass is 10.1. The van der Waals surface area contributed by atoms with E-state index < -0.39 is 0 Å². The van der Waals surface area contributed by atoms with E-state index in [0.29, 0.717) is 12.1 Å². The highest BCUT2D eigenvalue weighted by atomic mass is 16.5. The molecule has 0 saturated carbocycles. The van der Waals surface area contributed by atoms with Crippen LogP contribution in [0.25, 0.3) is 0 Å². The molecule has 1 saturated heterocycles. The molecule has 90 valence electrons. The first kappa shape index (κ1) is 10.6. The first-order valence-electron chi connectivity index (χ1n) is 6.02. The number of fused-ring (bicyclic) bond motifs is 1. The molecule has 0 spiro atoms. The van der Waals surface area contributed by atoms with Crippen molar-refractivity contribution >= 4 is 5.84 Å². The summed E-state index contributed by atoms with van der Waals surface area (Å²) in [6, 6.07) is 9.02. The van der Waals surface area contributed by atoms with Crippen molar-refractivity contribution < 1.29 is 4.74 Å². The number of methoxy groups -OCH3 is 1. The minimum absolute atomic E-state index is 0.416. The van der Waals surface area contributed by atoms with E-state index >= 15 is 0 Å². The van der Waals surface area contributed by atoms with Crippen LogP contribution < -0.4 is 15.4 Å². The number of hydrogen-bond acceptors (Lipinski definition) is 4. The van der Waals surface area contributed by atoms with E-state index in [-0.39, 0.29) is 0 Å². The molecule has 4 nitrogen and oxygen atoms in total. The molecule has 0 bridgehead atoms. The van der Waals surface area contributed by atoms with E-state index in [1.165, 1.54) is 5.56 Å². The zero-order valence-corrected chi connectivity index (χ0v) is 9.94. The van der Waals surface area contributed by atoms with E-state index in [1.807, 2.05) is 18.2 Å². The molecule has 0 radical (unpaired) electrons. The highest BCUT2D eigenvalue weighted by Gasteiger charge is 2.32. The maximum absolute atomic E-state index is 5.35. The number of aliphatic imine (C=N–C) groups is 1. The summed E-state index contributed by atoms with van der Waals surface area (Å²) >= 11 is 0. The van der Waals surface area contributed by atoms with Gasteiger partial charge < -0.3 is 15.4 Å². The molecule has 0 aliphatic carbocycles. The summed E-state index contributed by atoms with van der Waals surface area (Å²) in [6.07, 6.45) is 0.830. The molecule has 2 N–H and O–H groups in total. The Morgan fingerprint density at radius 3 is 3.06 bits per heavy atom. The van der Waals surface area contributed by atoms with Crippen LogP contribution in [0.5, 0.6) is 5.75 Å². The number of hydrogen-bond donors (Lipinski definition) is 2. The molecule has 1 aromatic carbocycles. The van der Waals surface area contributed by atoms with Crippen molar-refractivity contribution in [2.75, 3.05) is 20.2 Å². The SMILES string of the molecule is COc1ccccc1CC1=NC2CNCC2N1. The topological polar surface area (TPSA) is 45.6 Å². The van der Waals surface area contributed by atoms with Crippen LogP contribution in [0.1, 0.15) is 5.56 Å². The summed E-state index contributed by atoms with van der Waals surface area (Å²) < 4.78 is 5.35. The number of rotatable bonds is 3. The third-order valence-electron chi connectivity index (χ3n) is 3.41. The van der Waals surface area contributed by atoms with Crippen LogP contribution in [-0.4, -0.2) is 38.1 Å². The van der Waals surface area contributed by atoms with Crippen molar-refractivity contribution in [3.63, 3.8) is 0 Å². The second kappa shape index (κ2) is 4.37. The molecule has 0 aromatic heterocycles. The number of benzene rings is 1. The quantitative estimate of drug-likeness (QED) is 0.800. The molecule has 2 atom stereocenters. The predicted octanol–water partition coefficient (Wildman–Crippen LogP) is 0.580. The molecule has 2 unspecified atom stereocenters. The molecule has 2 aliphatic heterocycles. The van der Waals surface area contributed by atoms with Gasteiger partial charge in [0.15, 0.2) is 0 Å². The minimum atomic E-state index is 0.416. The molecule has 2 heterocycles. The van der Waals surface area contributed by atoms with Crippen LogP contribution in [-0.2, 0) is 6.42 Å². The Morgan fingerprint density at radius 2 is 2.24 bits per heavy atom. The average Bonchev–Trinajstić information content (AvgIpc) is 2.90. The van der Waals surface area contributed by atoms with E-state index in [0.717, 1.165) is 31.1 Å². The van der Waals surface area contributed by atoms with Gasteiger partial charge in [0, 0.05) is 25.1 Å². The van der Waals surface area contributed by atoms with Crippen LogP contribution in [0.4, 0.5) is 0 Å². The fourth-order valence-electron chi connectivity index (χ4n) is 2.53. The van der Waals surface area contributed by atoms with E-state index in [4.69, 9.17) is 9.73 Å². The minimum Gasteiger partial charge on any atom is -0.496 e. The van der Waals surface area contributed by atoms with Gasteiger partial charge in [-0.05, 0) is 6.07 Å². The second-order valence-corrected chi connectivity index (χ2v) is 4.54. The van der Waals surface area contributed by atoms with Crippen LogP contribution in [0, 0.1) is 0 Å². The molecule has 0 amide bonds. The smallest absolute Gasteiger partial charge is 0.122 e. The van der Waals surface area contributed by atoms with Crippen molar-refractivity contribution in [3.05, 3.63) is 29.8 Å². The van der Waals surface area contributed by atoms with Gasteiger partial charge in [-0.3, -0.25) is 4.99 Å². The molecule has 2 aliphatic rings. The maximum atomic E-state index is 5.35. The Kier molecular flexibility index (Phi) is 2.73. The van der Waals surface area contributed by atoms with Crippen molar-refractivity contribution in [2.45, 2.75) is 18.5 Å². The zero-order valence-electron chi connectivity index (χ0n) is 9.94. The largest absolute Gasteiger partial charge is 0.496 e. The standard InChI is InChI=1S/C13H17N3O/c1-17-12-5-3-2-4-9(12)6-13-15-10-7-14-8-11(10)16-13/h2-5,10-11,14H,6-8H2,1H3,(H,15,16). The summed E-state index contributed by atoms with van der Waals surface area (Å²) in [5.74, 6) is 2.03. The van der Waals surface area contributed by atoms with E-state index in [2.05, 4.69) is 16.7 Å². The van der Waals surface area contributed by atoms with Crippen LogP contribution >= 0.6 is 0 Å². The van der Waals surface area contributed by atoms with E-state index in [1.54, 1.807) is 7.11 Å². The number of amidine groups is 1. The zero-order chi connectivity index (χ0) is 11.7. The maximum Gasteiger partial charge on any atom is 0.122 e. The Hall–Kier alpha value is -1.55. The second-order valence-electron chi connectivity index (χ2n) is 4.54. The Morgan fingerprint density at radius 1 is 1.35 bits per heavy atom. The monoisotopic (exact) mass is 231 g/mol. The fraction of sp³-hybridized carbons (Fsp3) is 0.462. The van der Waals surface area contributed by atoms with Gasteiger partial charge >= 0.3 is 0 Å². The van der Waals surface area contributed by atoms with Crippen molar-refractivity contribution in [3.8, 4) is 5.75 Å². The summed E-state index contributed by atoms with van der Waals surface area (Å²) in [6.45, 7) is 2.01. The first-order valence-corrected chi connectivity index (χ1v) is 6.02. The molecule has 3 rings (SSSR count). The molecule has 1 fully saturated rings. The van der Waals surface area contributed by atoms with Crippen molar-refractivity contribution in [1.82, 2.24) is 10.6 Å². The lowest BCUT2D eigenvalue weighted by Crippen LogP contribution is -2.35. The third-order valence-corrected chi connectivity index (χ3v) is 3.41. The number of nitrogens with zero attached hydrogens (tertiary/aromatic N) is 1. The van der Waals surface area contributed by atoms with Gasteiger partial charge in [-0.25, -0.2) is 0 Å². The van der Waals surface area contributed by atoms with Gasteiger partial charge in [0.2, 0.25) is 0 Å². The Bertz CT molecular complexity index is 444. The highest BCUT2D eigenvalue weighted by molar-refractivity contribution is 5.87. The van der Waals surface area contributed by atoms with Gasteiger partial charge in [-0.1, -0.05) is 18.2 Å². The van der Waals surface area contributed by atoms with Crippen LogP contribution in [0.2, 0.25) is 0 Å². The molecule has 17 heavy (non-hydrogen) atoms. The molecule has 4 heteroatoms.